The quantitative estimate of drug-likeness (QED) is 0.543. The predicted molar refractivity (Wildman–Crippen MR) is 99.9 cm³/mol. The van der Waals surface area contributed by atoms with Crippen LogP contribution in [0.3, 0.4) is 0 Å². The van der Waals surface area contributed by atoms with Gasteiger partial charge in [-0.1, -0.05) is 18.2 Å². The van der Waals surface area contributed by atoms with Gasteiger partial charge in [0.15, 0.2) is 0 Å². The molecule has 0 aliphatic rings. The van der Waals surface area contributed by atoms with E-state index < -0.39 is 0 Å². The van der Waals surface area contributed by atoms with Crippen LogP contribution in [0.15, 0.2) is 47.4 Å². The standard InChI is InChI=1S/C20H27NO5/c1-17-3-8-20(22)21(15-17)19-6-4-18(5-7-19)16-26-14-13-25-12-11-24-10-9-23-2/h3-8,15H,9-14,16H2,1-2H3. The number of benzene rings is 1. The lowest BCUT2D eigenvalue weighted by Gasteiger charge is -2.09. The summed E-state index contributed by atoms with van der Waals surface area (Å²) < 4.78 is 22.8. The second-order valence-electron chi connectivity index (χ2n) is 5.85. The van der Waals surface area contributed by atoms with E-state index in [-0.39, 0.29) is 5.56 Å². The smallest absolute Gasteiger partial charge is 0.255 e. The fourth-order valence-corrected chi connectivity index (χ4v) is 2.32. The zero-order valence-corrected chi connectivity index (χ0v) is 15.5. The number of aryl methyl sites for hydroxylation is 1. The van der Waals surface area contributed by atoms with Crippen LogP contribution in [0.25, 0.3) is 5.69 Å². The Morgan fingerprint density at radius 2 is 1.42 bits per heavy atom. The summed E-state index contributed by atoms with van der Waals surface area (Å²) >= 11 is 0. The van der Waals surface area contributed by atoms with Crippen molar-refractivity contribution in [3.8, 4) is 5.69 Å². The van der Waals surface area contributed by atoms with E-state index in [0.29, 0.717) is 46.2 Å². The molecule has 26 heavy (non-hydrogen) atoms. The molecular weight excluding hydrogens is 334 g/mol. The van der Waals surface area contributed by atoms with Crippen molar-refractivity contribution in [2.45, 2.75) is 13.5 Å². The van der Waals surface area contributed by atoms with Crippen molar-refractivity contribution < 1.29 is 18.9 Å². The molecule has 0 radical (unpaired) electrons. The van der Waals surface area contributed by atoms with Crippen molar-refractivity contribution in [2.75, 3.05) is 46.8 Å². The number of methoxy groups -OCH3 is 1. The third-order valence-corrected chi connectivity index (χ3v) is 3.72. The molecule has 2 aromatic rings. The van der Waals surface area contributed by atoms with Gasteiger partial charge in [-0.25, -0.2) is 0 Å². The molecule has 0 unspecified atom stereocenters. The molecule has 0 saturated carbocycles. The van der Waals surface area contributed by atoms with Gasteiger partial charge in [-0.15, -0.1) is 0 Å². The number of pyridine rings is 1. The highest BCUT2D eigenvalue weighted by Crippen LogP contribution is 2.09. The zero-order valence-electron chi connectivity index (χ0n) is 15.5. The van der Waals surface area contributed by atoms with E-state index in [2.05, 4.69) is 0 Å². The van der Waals surface area contributed by atoms with E-state index in [9.17, 15) is 4.79 Å². The molecule has 2 rings (SSSR count). The normalized spacial score (nSPS) is 11.0. The number of rotatable bonds is 12. The summed E-state index contributed by atoms with van der Waals surface area (Å²) in [5, 5.41) is 0. The molecule has 0 fully saturated rings. The van der Waals surface area contributed by atoms with Crippen LogP contribution < -0.4 is 5.56 Å². The highest BCUT2D eigenvalue weighted by atomic mass is 16.6. The van der Waals surface area contributed by atoms with Crippen LogP contribution in [0.5, 0.6) is 0 Å². The molecule has 6 heteroatoms. The Hall–Kier alpha value is -1.99. The molecule has 0 spiro atoms. The summed E-state index contributed by atoms with van der Waals surface area (Å²) in [5.41, 5.74) is 2.90. The Labute approximate surface area is 154 Å². The first kappa shape index (κ1) is 20.3. The van der Waals surface area contributed by atoms with Crippen molar-refractivity contribution in [2.24, 2.45) is 0 Å². The second-order valence-corrected chi connectivity index (χ2v) is 5.85. The first-order valence-corrected chi connectivity index (χ1v) is 8.71. The third kappa shape index (κ3) is 7.09. The largest absolute Gasteiger partial charge is 0.382 e. The van der Waals surface area contributed by atoms with Gasteiger partial charge in [-0.05, 0) is 30.2 Å². The zero-order chi connectivity index (χ0) is 18.6. The fraction of sp³-hybridized carbons (Fsp3) is 0.450. The molecule has 0 bridgehead atoms. The Balaban J connectivity index is 1.65. The number of nitrogens with zero attached hydrogens (tertiary/aromatic N) is 1. The van der Waals surface area contributed by atoms with Gasteiger partial charge in [0.25, 0.3) is 5.56 Å². The van der Waals surface area contributed by atoms with Gasteiger partial charge < -0.3 is 18.9 Å². The van der Waals surface area contributed by atoms with Crippen LogP contribution >= 0.6 is 0 Å². The Bertz CT molecular complexity index is 696. The summed E-state index contributed by atoms with van der Waals surface area (Å²) in [6.45, 7) is 5.82. The van der Waals surface area contributed by atoms with E-state index in [4.69, 9.17) is 18.9 Å². The van der Waals surface area contributed by atoms with Crippen molar-refractivity contribution in [1.29, 1.82) is 0 Å². The number of hydrogen-bond donors (Lipinski definition) is 0. The second kappa shape index (κ2) is 11.6. The molecule has 6 nitrogen and oxygen atoms in total. The van der Waals surface area contributed by atoms with Crippen molar-refractivity contribution in [3.63, 3.8) is 0 Å². The van der Waals surface area contributed by atoms with Crippen LogP contribution in [-0.4, -0.2) is 51.3 Å². The highest BCUT2D eigenvalue weighted by Gasteiger charge is 2.01. The van der Waals surface area contributed by atoms with Crippen LogP contribution in [-0.2, 0) is 25.6 Å². The van der Waals surface area contributed by atoms with Gasteiger partial charge in [0.2, 0.25) is 0 Å². The van der Waals surface area contributed by atoms with Crippen molar-refractivity contribution in [1.82, 2.24) is 4.57 Å². The minimum absolute atomic E-state index is 0.0389. The molecule has 0 aliphatic carbocycles. The lowest BCUT2D eigenvalue weighted by molar-refractivity contribution is 0.000869. The predicted octanol–water partition coefficient (Wildman–Crippen LogP) is 2.34. The lowest BCUT2D eigenvalue weighted by Crippen LogP contribution is -2.16. The van der Waals surface area contributed by atoms with Gasteiger partial charge in [-0.3, -0.25) is 9.36 Å². The maximum atomic E-state index is 11.9. The van der Waals surface area contributed by atoms with Gasteiger partial charge in [0.05, 0.1) is 46.2 Å². The minimum Gasteiger partial charge on any atom is -0.382 e. The Morgan fingerprint density at radius 3 is 2.08 bits per heavy atom. The average molecular weight is 361 g/mol. The minimum atomic E-state index is -0.0389. The van der Waals surface area contributed by atoms with Crippen molar-refractivity contribution in [3.05, 3.63) is 64.1 Å². The molecule has 1 heterocycles. The van der Waals surface area contributed by atoms with Gasteiger partial charge in [0.1, 0.15) is 0 Å². The van der Waals surface area contributed by atoms with E-state index >= 15 is 0 Å². The lowest BCUT2D eigenvalue weighted by atomic mass is 10.2. The van der Waals surface area contributed by atoms with Gasteiger partial charge >= 0.3 is 0 Å². The SMILES string of the molecule is COCCOCCOCCOCc1ccc(-n2cc(C)ccc2=O)cc1. The number of ether oxygens (including phenoxy) is 4. The van der Waals surface area contributed by atoms with E-state index in [1.807, 2.05) is 43.5 Å². The first-order valence-electron chi connectivity index (χ1n) is 8.71. The average Bonchev–Trinajstić information content (AvgIpc) is 2.66. The summed E-state index contributed by atoms with van der Waals surface area (Å²) in [5.74, 6) is 0. The maximum Gasteiger partial charge on any atom is 0.255 e. The third-order valence-electron chi connectivity index (χ3n) is 3.72. The van der Waals surface area contributed by atoms with Crippen molar-refractivity contribution >= 4 is 0 Å². The molecule has 0 amide bonds. The van der Waals surface area contributed by atoms with Crippen LogP contribution in [0.2, 0.25) is 0 Å². The monoisotopic (exact) mass is 361 g/mol. The van der Waals surface area contributed by atoms with E-state index in [1.165, 1.54) is 0 Å². The fourth-order valence-electron chi connectivity index (χ4n) is 2.32. The highest BCUT2D eigenvalue weighted by molar-refractivity contribution is 5.35. The van der Waals surface area contributed by atoms with Gasteiger partial charge in [0, 0.05) is 25.1 Å². The molecule has 0 N–H and O–H groups in total. The molecule has 1 aromatic heterocycles. The molecular formula is C20H27NO5. The first-order chi connectivity index (χ1) is 12.7. The molecule has 0 atom stereocenters. The summed E-state index contributed by atoms with van der Waals surface area (Å²) in [6, 6.07) is 11.2. The summed E-state index contributed by atoms with van der Waals surface area (Å²) in [4.78, 5) is 11.9. The molecule has 0 saturated heterocycles. The molecule has 1 aromatic carbocycles. The number of hydrogen-bond acceptors (Lipinski definition) is 5. The summed E-state index contributed by atoms with van der Waals surface area (Å²) in [6.07, 6.45) is 1.84. The van der Waals surface area contributed by atoms with Gasteiger partial charge in [-0.2, -0.15) is 0 Å². The van der Waals surface area contributed by atoms with E-state index in [0.717, 1.165) is 16.8 Å². The van der Waals surface area contributed by atoms with Crippen LogP contribution in [0.1, 0.15) is 11.1 Å². The Kier molecular flexibility index (Phi) is 9.06. The molecule has 142 valence electrons. The number of aromatic nitrogens is 1. The maximum absolute atomic E-state index is 11.9. The topological polar surface area (TPSA) is 58.9 Å². The van der Waals surface area contributed by atoms with E-state index in [1.54, 1.807) is 17.7 Å². The van der Waals surface area contributed by atoms with Crippen LogP contribution in [0.4, 0.5) is 0 Å². The summed E-state index contributed by atoms with van der Waals surface area (Å²) in [7, 11) is 1.65. The Morgan fingerprint density at radius 1 is 0.808 bits per heavy atom. The van der Waals surface area contributed by atoms with Crippen LogP contribution in [0, 0.1) is 6.92 Å². The molecule has 0 aliphatic heterocycles.